The molecule has 3 aromatic carbocycles. The van der Waals surface area contributed by atoms with E-state index in [1.807, 2.05) is 66.4 Å². The summed E-state index contributed by atoms with van der Waals surface area (Å²) >= 11 is 1.89. The Hall–Kier alpha value is -2.11. The van der Waals surface area contributed by atoms with E-state index < -0.39 is 0 Å². The van der Waals surface area contributed by atoms with Gasteiger partial charge in [-0.3, -0.25) is 0 Å². The maximum atomic E-state index is 6.38. The predicted octanol–water partition coefficient (Wildman–Crippen LogP) is 5.49. The summed E-state index contributed by atoms with van der Waals surface area (Å²) in [6, 6.07) is 30.9. The molecule has 0 bridgehead atoms. The lowest BCUT2D eigenvalue weighted by atomic mass is 10.1. The molecule has 3 aromatic rings. The molecule has 0 aromatic heterocycles. The zero-order valence-electron chi connectivity index (χ0n) is 17.1. The maximum absolute atomic E-state index is 6.38. The van der Waals surface area contributed by atoms with Crippen LogP contribution in [0.2, 0.25) is 0 Å². The molecule has 1 saturated heterocycles. The lowest BCUT2D eigenvalue weighted by Crippen LogP contribution is -2.36. The molecule has 156 valence electrons. The quantitative estimate of drug-likeness (QED) is 0.433. The van der Waals surface area contributed by atoms with Crippen LogP contribution in [-0.2, 0) is 34.0 Å². The largest absolute Gasteiger partial charge is 0.376 e. The first-order valence-electron chi connectivity index (χ1n) is 10.4. The van der Waals surface area contributed by atoms with Gasteiger partial charge in [-0.2, -0.15) is 11.8 Å². The maximum Gasteiger partial charge on any atom is 0.0990 e. The Bertz CT molecular complexity index is 857. The number of hydrogen-bond donors (Lipinski definition) is 0. The fourth-order valence-electron chi connectivity index (χ4n) is 3.56. The summed E-state index contributed by atoms with van der Waals surface area (Å²) in [6.45, 7) is 2.48. The van der Waals surface area contributed by atoms with Gasteiger partial charge in [0.05, 0.1) is 43.9 Å². The minimum atomic E-state index is 0.00897. The minimum Gasteiger partial charge on any atom is -0.376 e. The summed E-state index contributed by atoms with van der Waals surface area (Å²) in [7, 11) is 0. The smallest absolute Gasteiger partial charge is 0.0990 e. The zero-order valence-corrected chi connectivity index (χ0v) is 17.9. The van der Waals surface area contributed by atoms with E-state index in [1.54, 1.807) is 0 Å². The van der Waals surface area contributed by atoms with Gasteiger partial charge in [0, 0.05) is 5.75 Å². The Labute approximate surface area is 183 Å². The molecule has 3 nitrogen and oxygen atoms in total. The molecule has 30 heavy (non-hydrogen) atoms. The highest BCUT2D eigenvalue weighted by Gasteiger charge is 2.38. The van der Waals surface area contributed by atoms with Crippen LogP contribution >= 0.6 is 11.8 Å². The molecule has 0 aliphatic carbocycles. The second kappa shape index (κ2) is 11.3. The molecule has 0 saturated carbocycles. The van der Waals surface area contributed by atoms with Crippen molar-refractivity contribution in [1.29, 1.82) is 0 Å². The summed E-state index contributed by atoms with van der Waals surface area (Å²) in [4.78, 5) is 0. The van der Waals surface area contributed by atoms with Gasteiger partial charge in [-0.1, -0.05) is 91.0 Å². The third kappa shape index (κ3) is 6.19. The van der Waals surface area contributed by atoms with Gasteiger partial charge in [-0.05, 0) is 16.7 Å². The van der Waals surface area contributed by atoms with Gasteiger partial charge in [0.1, 0.15) is 0 Å². The molecule has 1 unspecified atom stereocenters. The molecule has 1 aliphatic rings. The van der Waals surface area contributed by atoms with Gasteiger partial charge in [-0.25, -0.2) is 0 Å². The second-order valence-corrected chi connectivity index (χ2v) is 8.74. The van der Waals surface area contributed by atoms with E-state index in [2.05, 4.69) is 36.4 Å². The molecular formula is C26H28O3S. The standard InChI is InChI=1S/C26H28O3S/c1-4-10-21(11-5-1)16-27-19-25-26(29-18-23-14-8-3-9-15-23)24(20-30-25)28-17-22-12-6-2-7-13-22/h1-15,24-26H,16-20H2/t24?,25-,26-/m0/s1. The minimum absolute atomic E-state index is 0.00897. The third-order valence-corrected chi connectivity index (χ3v) is 6.55. The lowest BCUT2D eigenvalue weighted by Gasteiger charge is -2.25. The Morgan fingerprint density at radius 1 is 0.633 bits per heavy atom. The van der Waals surface area contributed by atoms with E-state index in [0.29, 0.717) is 26.4 Å². The van der Waals surface area contributed by atoms with Crippen LogP contribution in [0.1, 0.15) is 16.7 Å². The zero-order chi connectivity index (χ0) is 20.4. The van der Waals surface area contributed by atoms with E-state index in [-0.39, 0.29) is 17.5 Å². The van der Waals surface area contributed by atoms with E-state index in [1.165, 1.54) is 16.7 Å². The van der Waals surface area contributed by atoms with Crippen molar-refractivity contribution in [2.75, 3.05) is 12.4 Å². The molecule has 0 spiro atoms. The van der Waals surface area contributed by atoms with Crippen molar-refractivity contribution in [3.8, 4) is 0 Å². The number of thioether (sulfide) groups is 1. The van der Waals surface area contributed by atoms with Crippen LogP contribution in [0.5, 0.6) is 0 Å². The van der Waals surface area contributed by atoms with Gasteiger partial charge in [-0.15, -0.1) is 0 Å². The average molecular weight is 421 g/mol. The molecule has 0 amide bonds. The predicted molar refractivity (Wildman–Crippen MR) is 122 cm³/mol. The Morgan fingerprint density at radius 2 is 1.13 bits per heavy atom. The SMILES string of the molecule is c1ccc(COC[C@@H]2SCC(OCc3ccccc3)[C@@H]2OCc2ccccc2)cc1. The van der Waals surface area contributed by atoms with Gasteiger partial charge < -0.3 is 14.2 Å². The van der Waals surface area contributed by atoms with Crippen molar-refractivity contribution >= 4 is 11.8 Å². The Morgan fingerprint density at radius 3 is 1.70 bits per heavy atom. The monoisotopic (exact) mass is 420 g/mol. The normalized spacial score (nSPS) is 21.0. The van der Waals surface area contributed by atoms with E-state index in [0.717, 1.165) is 5.75 Å². The number of benzene rings is 3. The van der Waals surface area contributed by atoms with Crippen LogP contribution in [0.4, 0.5) is 0 Å². The van der Waals surface area contributed by atoms with Gasteiger partial charge in [0.25, 0.3) is 0 Å². The highest BCUT2D eigenvalue weighted by Crippen LogP contribution is 2.33. The first-order chi connectivity index (χ1) is 14.9. The van der Waals surface area contributed by atoms with Crippen molar-refractivity contribution < 1.29 is 14.2 Å². The summed E-state index contributed by atoms with van der Waals surface area (Å²) < 4.78 is 18.7. The molecule has 0 radical (unpaired) electrons. The molecule has 0 N–H and O–H groups in total. The van der Waals surface area contributed by atoms with Crippen molar-refractivity contribution in [2.24, 2.45) is 0 Å². The van der Waals surface area contributed by atoms with Crippen LogP contribution < -0.4 is 0 Å². The van der Waals surface area contributed by atoms with Crippen LogP contribution in [0.25, 0.3) is 0 Å². The fourth-order valence-corrected chi connectivity index (χ4v) is 4.92. The van der Waals surface area contributed by atoms with Gasteiger partial charge in [0.15, 0.2) is 0 Å². The molecular weight excluding hydrogens is 392 g/mol. The van der Waals surface area contributed by atoms with E-state index >= 15 is 0 Å². The van der Waals surface area contributed by atoms with Crippen LogP contribution in [-0.4, -0.2) is 29.8 Å². The van der Waals surface area contributed by atoms with E-state index in [4.69, 9.17) is 14.2 Å². The molecule has 1 heterocycles. The molecule has 1 fully saturated rings. The lowest BCUT2D eigenvalue weighted by molar-refractivity contribution is -0.0768. The first kappa shape index (κ1) is 21.1. The summed E-state index contributed by atoms with van der Waals surface area (Å²) in [5.74, 6) is 0.922. The summed E-state index contributed by atoms with van der Waals surface area (Å²) in [5.41, 5.74) is 3.56. The topological polar surface area (TPSA) is 27.7 Å². The highest BCUT2D eigenvalue weighted by atomic mass is 32.2. The fraction of sp³-hybridized carbons (Fsp3) is 0.308. The average Bonchev–Trinajstić information content (AvgIpc) is 3.20. The van der Waals surface area contributed by atoms with Crippen LogP contribution in [0.15, 0.2) is 91.0 Å². The first-order valence-corrected chi connectivity index (χ1v) is 11.5. The number of hydrogen-bond acceptors (Lipinski definition) is 4. The van der Waals surface area contributed by atoms with E-state index in [9.17, 15) is 0 Å². The Balaban J connectivity index is 1.35. The number of rotatable bonds is 10. The van der Waals surface area contributed by atoms with Crippen LogP contribution in [0.3, 0.4) is 0 Å². The Kier molecular flexibility index (Phi) is 7.98. The summed E-state index contributed by atoms with van der Waals surface area (Å²) in [6.07, 6.45) is 0.0685. The van der Waals surface area contributed by atoms with Crippen molar-refractivity contribution in [1.82, 2.24) is 0 Å². The van der Waals surface area contributed by atoms with Crippen LogP contribution in [0, 0.1) is 0 Å². The molecule has 4 heteroatoms. The van der Waals surface area contributed by atoms with Crippen molar-refractivity contribution in [3.63, 3.8) is 0 Å². The third-order valence-electron chi connectivity index (χ3n) is 5.19. The number of ether oxygens (including phenoxy) is 3. The molecule has 3 atom stereocenters. The highest BCUT2D eigenvalue weighted by molar-refractivity contribution is 8.00. The van der Waals surface area contributed by atoms with Gasteiger partial charge in [0.2, 0.25) is 0 Å². The summed E-state index contributed by atoms with van der Waals surface area (Å²) in [5, 5.41) is 0.262. The van der Waals surface area contributed by atoms with Crippen molar-refractivity contribution in [3.05, 3.63) is 108 Å². The molecule has 1 aliphatic heterocycles. The van der Waals surface area contributed by atoms with Gasteiger partial charge >= 0.3 is 0 Å². The van der Waals surface area contributed by atoms with Crippen molar-refractivity contribution in [2.45, 2.75) is 37.3 Å². The molecule has 4 rings (SSSR count). The second-order valence-electron chi connectivity index (χ2n) is 7.47.